The van der Waals surface area contributed by atoms with E-state index in [2.05, 4.69) is 34.1 Å². The molecule has 1 aliphatic heterocycles. The van der Waals surface area contributed by atoms with Crippen LogP contribution in [0.5, 0.6) is 0 Å². The second-order valence-electron chi connectivity index (χ2n) is 6.99. The first-order valence-corrected chi connectivity index (χ1v) is 8.67. The molecule has 1 aliphatic rings. The summed E-state index contributed by atoms with van der Waals surface area (Å²) in [5, 5.41) is 9.12. The monoisotopic (exact) mass is 325 g/mol. The lowest BCUT2D eigenvalue weighted by atomic mass is 9.98. The lowest BCUT2D eigenvalue weighted by Gasteiger charge is -2.17. The first kappa shape index (κ1) is 16.9. The Balaban J connectivity index is 1.51. The topological polar surface area (TPSA) is 39.6 Å². The van der Waals surface area contributed by atoms with Gasteiger partial charge in [0.1, 0.15) is 5.82 Å². The van der Waals surface area contributed by atoms with Gasteiger partial charge < -0.3 is 10.0 Å². The van der Waals surface area contributed by atoms with Gasteiger partial charge in [-0.3, -0.25) is 4.90 Å². The number of aromatic nitrogens is 1. The summed E-state index contributed by atoms with van der Waals surface area (Å²) in [4.78, 5) is 9.05. The molecule has 3 rings (SSSR count). The first-order chi connectivity index (χ1) is 11.6. The molecule has 0 radical (unpaired) electrons. The number of hydrogen-bond acceptors (Lipinski definition) is 4. The molecule has 0 bridgehead atoms. The highest BCUT2D eigenvalue weighted by molar-refractivity contribution is 5.37. The summed E-state index contributed by atoms with van der Waals surface area (Å²) in [6.07, 6.45) is 4.38. The molecule has 4 heteroatoms. The predicted molar refractivity (Wildman–Crippen MR) is 98.0 cm³/mol. The van der Waals surface area contributed by atoms with Gasteiger partial charge in [-0.25, -0.2) is 4.98 Å². The molecule has 1 fully saturated rings. The molecule has 0 aliphatic carbocycles. The van der Waals surface area contributed by atoms with E-state index >= 15 is 0 Å². The van der Waals surface area contributed by atoms with Crippen LogP contribution < -0.4 is 4.90 Å². The molecule has 128 valence electrons. The van der Waals surface area contributed by atoms with Crippen molar-refractivity contribution in [1.29, 1.82) is 0 Å². The van der Waals surface area contributed by atoms with Crippen molar-refractivity contribution in [3.8, 4) is 0 Å². The molecule has 24 heavy (non-hydrogen) atoms. The molecule has 1 N–H and O–H groups in total. The maximum Gasteiger partial charge on any atom is 0.127 e. The zero-order chi connectivity index (χ0) is 16.9. The third-order valence-electron chi connectivity index (χ3n) is 4.77. The number of anilines is 1. The molecule has 1 aromatic carbocycles. The lowest BCUT2D eigenvalue weighted by molar-refractivity contribution is 0.282. The average Bonchev–Trinajstić information content (AvgIpc) is 3.03. The fraction of sp³-hybridized carbons (Fsp3) is 0.450. The Morgan fingerprint density at radius 3 is 2.42 bits per heavy atom. The van der Waals surface area contributed by atoms with E-state index in [0.717, 1.165) is 43.4 Å². The number of benzene rings is 1. The van der Waals surface area contributed by atoms with Gasteiger partial charge in [0, 0.05) is 33.4 Å². The van der Waals surface area contributed by atoms with Crippen LogP contribution in [-0.4, -0.2) is 42.2 Å². The number of aliphatic hydroxyl groups excluding tert-OH is 1. The van der Waals surface area contributed by atoms with Crippen molar-refractivity contribution >= 4 is 5.82 Å². The van der Waals surface area contributed by atoms with Gasteiger partial charge in [0.05, 0.1) is 6.61 Å². The summed E-state index contributed by atoms with van der Waals surface area (Å²) in [6.45, 7) is 3.42. The van der Waals surface area contributed by atoms with Crippen LogP contribution >= 0.6 is 0 Å². The summed E-state index contributed by atoms with van der Waals surface area (Å²) in [7, 11) is 4.03. The number of nitrogens with zero attached hydrogens (tertiary/aromatic N) is 3. The quantitative estimate of drug-likeness (QED) is 0.886. The van der Waals surface area contributed by atoms with Crippen LogP contribution in [0.15, 0.2) is 42.6 Å². The van der Waals surface area contributed by atoms with E-state index < -0.39 is 0 Å². The van der Waals surface area contributed by atoms with Gasteiger partial charge in [-0.1, -0.05) is 30.3 Å². The summed E-state index contributed by atoms with van der Waals surface area (Å²) >= 11 is 0. The summed E-state index contributed by atoms with van der Waals surface area (Å²) in [5.74, 6) is 1.73. The molecule has 0 unspecified atom stereocenters. The Kier molecular flexibility index (Phi) is 5.48. The van der Waals surface area contributed by atoms with Gasteiger partial charge in [0.25, 0.3) is 0 Å². The summed E-state index contributed by atoms with van der Waals surface area (Å²) in [6, 6.07) is 12.6. The van der Waals surface area contributed by atoms with E-state index in [0.29, 0.717) is 0 Å². The average molecular weight is 325 g/mol. The van der Waals surface area contributed by atoms with Crippen LogP contribution in [0.3, 0.4) is 0 Å². The lowest BCUT2D eigenvalue weighted by Crippen LogP contribution is -2.21. The molecule has 0 saturated carbocycles. The van der Waals surface area contributed by atoms with Crippen molar-refractivity contribution in [3.63, 3.8) is 0 Å². The van der Waals surface area contributed by atoms with Crippen LogP contribution in [-0.2, 0) is 19.6 Å². The van der Waals surface area contributed by atoms with E-state index in [1.165, 1.54) is 17.5 Å². The predicted octanol–water partition coefficient (Wildman–Crippen LogP) is 2.70. The smallest absolute Gasteiger partial charge is 0.127 e. The molecule has 1 saturated heterocycles. The molecule has 0 spiro atoms. The Labute approximate surface area is 144 Å². The number of hydrogen-bond donors (Lipinski definition) is 1. The standard InChI is InChI=1S/C20H27N3O/c1-22(2)20-8-7-19(12-21-20)14-23-10-9-18(13-23)11-16-3-5-17(15-24)6-4-16/h3-8,12,18,24H,9-11,13-15H2,1-2H3/t18-/m0/s1. The highest BCUT2D eigenvalue weighted by Gasteiger charge is 2.22. The minimum absolute atomic E-state index is 0.123. The Morgan fingerprint density at radius 1 is 1.08 bits per heavy atom. The van der Waals surface area contributed by atoms with Crippen molar-refractivity contribution in [2.24, 2.45) is 5.92 Å². The number of rotatable bonds is 6. The maximum atomic E-state index is 9.12. The van der Waals surface area contributed by atoms with E-state index in [4.69, 9.17) is 5.11 Å². The van der Waals surface area contributed by atoms with Crippen molar-refractivity contribution in [2.75, 3.05) is 32.1 Å². The van der Waals surface area contributed by atoms with Gasteiger partial charge in [0.15, 0.2) is 0 Å². The molecular weight excluding hydrogens is 298 g/mol. The second-order valence-corrected chi connectivity index (χ2v) is 6.99. The molecule has 0 amide bonds. The molecule has 1 atom stereocenters. The van der Waals surface area contributed by atoms with E-state index in [9.17, 15) is 0 Å². The van der Waals surface area contributed by atoms with Crippen LogP contribution in [0.1, 0.15) is 23.1 Å². The van der Waals surface area contributed by atoms with E-state index in [-0.39, 0.29) is 6.61 Å². The van der Waals surface area contributed by atoms with Gasteiger partial charge >= 0.3 is 0 Å². The Morgan fingerprint density at radius 2 is 1.79 bits per heavy atom. The van der Waals surface area contributed by atoms with Crippen molar-refractivity contribution in [3.05, 3.63) is 59.3 Å². The number of aliphatic hydroxyl groups is 1. The van der Waals surface area contributed by atoms with E-state index in [1.807, 2.05) is 37.3 Å². The fourth-order valence-corrected chi connectivity index (χ4v) is 3.37. The zero-order valence-corrected chi connectivity index (χ0v) is 14.7. The van der Waals surface area contributed by atoms with Crippen molar-refractivity contribution in [2.45, 2.75) is 26.0 Å². The SMILES string of the molecule is CN(C)c1ccc(CN2CC[C@@H](Cc3ccc(CO)cc3)C2)cn1. The van der Waals surface area contributed by atoms with Crippen molar-refractivity contribution in [1.82, 2.24) is 9.88 Å². The van der Waals surface area contributed by atoms with Crippen LogP contribution in [0.4, 0.5) is 5.82 Å². The van der Waals surface area contributed by atoms with Crippen LogP contribution in [0.25, 0.3) is 0 Å². The van der Waals surface area contributed by atoms with Gasteiger partial charge in [-0.2, -0.15) is 0 Å². The Hall–Kier alpha value is -1.91. The highest BCUT2D eigenvalue weighted by Crippen LogP contribution is 2.23. The highest BCUT2D eigenvalue weighted by atomic mass is 16.3. The normalized spacial score (nSPS) is 18.0. The maximum absolute atomic E-state index is 9.12. The van der Waals surface area contributed by atoms with Gasteiger partial charge in [-0.05, 0) is 48.1 Å². The van der Waals surface area contributed by atoms with Crippen LogP contribution in [0.2, 0.25) is 0 Å². The fourth-order valence-electron chi connectivity index (χ4n) is 3.37. The minimum Gasteiger partial charge on any atom is -0.392 e. The molecule has 2 aromatic rings. The van der Waals surface area contributed by atoms with Crippen LogP contribution in [0, 0.1) is 5.92 Å². The first-order valence-electron chi connectivity index (χ1n) is 8.67. The summed E-state index contributed by atoms with van der Waals surface area (Å²) in [5.41, 5.74) is 3.64. The number of pyridine rings is 1. The van der Waals surface area contributed by atoms with Gasteiger partial charge in [0.2, 0.25) is 0 Å². The summed E-state index contributed by atoms with van der Waals surface area (Å²) < 4.78 is 0. The van der Waals surface area contributed by atoms with E-state index in [1.54, 1.807) is 0 Å². The van der Waals surface area contributed by atoms with Crippen molar-refractivity contribution < 1.29 is 5.11 Å². The third kappa shape index (κ3) is 4.34. The third-order valence-corrected chi connectivity index (χ3v) is 4.77. The number of likely N-dealkylation sites (tertiary alicyclic amines) is 1. The Bertz CT molecular complexity index is 637. The minimum atomic E-state index is 0.123. The molecule has 4 nitrogen and oxygen atoms in total. The molecule has 2 heterocycles. The largest absolute Gasteiger partial charge is 0.392 e. The van der Waals surface area contributed by atoms with Gasteiger partial charge in [-0.15, -0.1) is 0 Å². The molecular formula is C20H27N3O. The zero-order valence-electron chi connectivity index (χ0n) is 14.7. The second kappa shape index (κ2) is 7.77. The molecule has 1 aromatic heterocycles.